The van der Waals surface area contributed by atoms with E-state index in [1.165, 1.54) is 17.8 Å². The second-order valence-electron chi connectivity index (χ2n) is 5.39. The van der Waals surface area contributed by atoms with Gasteiger partial charge in [0.2, 0.25) is 5.91 Å². The second-order valence-corrected chi connectivity index (χ2v) is 6.35. The molecule has 0 saturated carbocycles. The van der Waals surface area contributed by atoms with Crippen LogP contribution in [0.1, 0.15) is 18.4 Å². The number of hydrogen-bond acceptors (Lipinski definition) is 5. The number of aromatic nitrogens is 2. The number of nitrogens with one attached hydrogen (secondary N) is 1. The molecule has 7 heteroatoms. The molecule has 0 spiro atoms. The highest BCUT2D eigenvalue weighted by atomic mass is 35.5. The van der Waals surface area contributed by atoms with Crippen molar-refractivity contribution < 1.29 is 4.79 Å². The third-order valence-electron chi connectivity index (χ3n) is 3.83. The Labute approximate surface area is 144 Å². The van der Waals surface area contributed by atoms with E-state index in [-0.39, 0.29) is 11.9 Å². The van der Waals surface area contributed by atoms with Crippen LogP contribution in [-0.4, -0.2) is 33.8 Å². The smallest absolute Gasteiger partial charge is 0.244 e. The molecule has 1 aliphatic heterocycles. The number of carbonyl (C=O) groups excluding carboxylic acids is 1. The van der Waals surface area contributed by atoms with Crippen LogP contribution in [0.4, 0.5) is 5.82 Å². The van der Waals surface area contributed by atoms with Gasteiger partial charge in [-0.3, -0.25) is 4.79 Å². The van der Waals surface area contributed by atoms with Gasteiger partial charge in [0.05, 0.1) is 17.9 Å². The zero-order chi connectivity index (χ0) is 16.1. The van der Waals surface area contributed by atoms with Crippen LogP contribution in [0.25, 0.3) is 6.08 Å². The van der Waals surface area contributed by atoms with Gasteiger partial charge in [0.15, 0.2) is 5.82 Å². The monoisotopic (exact) mass is 348 g/mol. The summed E-state index contributed by atoms with van der Waals surface area (Å²) in [6.45, 7) is 1.76. The van der Waals surface area contributed by atoms with E-state index in [0.29, 0.717) is 5.02 Å². The Morgan fingerprint density at radius 1 is 1.35 bits per heavy atom. The van der Waals surface area contributed by atoms with E-state index >= 15 is 0 Å². The number of rotatable bonds is 4. The maximum atomic E-state index is 12.0. The van der Waals surface area contributed by atoms with Crippen LogP contribution in [0.3, 0.4) is 0 Å². The minimum Gasteiger partial charge on any atom is -0.354 e. The largest absolute Gasteiger partial charge is 0.354 e. The Hall–Kier alpha value is -1.92. The SMILES string of the molecule is O=C(C=Cc1ccccc1Cl)NC1CCN(c2cnsn2)CC1. The normalized spacial score (nSPS) is 16.0. The van der Waals surface area contributed by atoms with Crippen molar-refractivity contribution >= 4 is 41.1 Å². The summed E-state index contributed by atoms with van der Waals surface area (Å²) in [6.07, 6.45) is 6.88. The van der Waals surface area contributed by atoms with Crippen molar-refractivity contribution in [2.24, 2.45) is 0 Å². The first-order valence-corrected chi connectivity index (χ1v) is 8.59. The van der Waals surface area contributed by atoms with E-state index in [4.69, 9.17) is 11.6 Å². The third-order valence-corrected chi connectivity index (χ3v) is 4.65. The maximum Gasteiger partial charge on any atom is 0.244 e. The molecule has 0 aliphatic carbocycles. The van der Waals surface area contributed by atoms with Crippen LogP contribution in [-0.2, 0) is 4.79 Å². The van der Waals surface area contributed by atoms with Gasteiger partial charge in [-0.15, -0.1) is 0 Å². The molecule has 23 heavy (non-hydrogen) atoms. The van der Waals surface area contributed by atoms with Gasteiger partial charge in [0, 0.05) is 30.2 Å². The lowest BCUT2D eigenvalue weighted by atomic mass is 10.1. The van der Waals surface area contributed by atoms with Gasteiger partial charge in [0.1, 0.15) is 0 Å². The molecule has 0 unspecified atom stereocenters. The fraction of sp³-hybridized carbons (Fsp3) is 0.312. The molecule has 1 N–H and O–H groups in total. The molecule has 1 aromatic heterocycles. The minimum atomic E-state index is -0.0845. The predicted octanol–water partition coefficient (Wildman–Crippen LogP) is 2.99. The van der Waals surface area contributed by atoms with E-state index in [0.717, 1.165) is 37.3 Å². The van der Waals surface area contributed by atoms with Crippen molar-refractivity contribution in [1.29, 1.82) is 0 Å². The first-order valence-electron chi connectivity index (χ1n) is 7.48. The van der Waals surface area contributed by atoms with Gasteiger partial charge < -0.3 is 10.2 Å². The number of amides is 1. The Morgan fingerprint density at radius 3 is 2.83 bits per heavy atom. The topological polar surface area (TPSA) is 58.1 Å². The lowest BCUT2D eigenvalue weighted by Crippen LogP contribution is -2.44. The number of anilines is 1. The summed E-state index contributed by atoms with van der Waals surface area (Å²) in [7, 11) is 0. The Morgan fingerprint density at radius 2 is 2.13 bits per heavy atom. The number of nitrogens with zero attached hydrogens (tertiary/aromatic N) is 3. The van der Waals surface area contributed by atoms with Gasteiger partial charge in [-0.2, -0.15) is 8.75 Å². The van der Waals surface area contributed by atoms with E-state index < -0.39 is 0 Å². The Bertz CT molecular complexity index is 681. The summed E-state index contributed by atoms with van der Waals surface area (Å²) in [5.41, 5.74) is 0.843. The van der Waals surface area contributed by atoms with Crippen molar-refractivity contribution in [1.82, 2.24) is 14.1 Å². The van der Waals surface area contributed by atoms with Crippen molar-refractivity contribution in [3.8, 4) is 0 Å². The van der Waals surface area contributed by atoms with Crippen molar-refractivity contribution in [3.63, 3.8) is 0 Å². The second kappa shape index (κ2) is 7.57. The maximum absolute atomic E-state index is 12.0. The molecule has 1 saturated heterocycles. The lowest BCUT2D eigenvalue weighted by Gasteiger charge is -2.31. The van der Waals surface area contributed by atoms with E-state index in [1.807, 2.05) is 24.3 Å². The molecular formula is C16H17ClN4OS. The molecule has 2 aromatic rings. The molecule has 0 bridgehead atoms. The molecule has 0 radical (unpaired) electrons. The summed E-state index contributed by atoms with van der Waals surface area (Å²) < 4.78 is 8.27. The van der Waals surface area contributed by atoms with Crippen molar-refractivity contribution in [2.45, 2.75) is 18.9 Å². The molecule has 0 atom stereocenters. The van der Waals surface area contributed by atoms with Gasteiger partial charge in [-0.25, -0.2) is 0 Å². The standard InChI is InChI=1S/C16H17ClN4OS/c17-14-4-2-1-3-12(14)5-6-16(22)19-13-7-9-21(10-8-13)15-11-18-23-20-15/h1-6,11,13H,7-10H2,(H,19,22). The number of halogens is 1. The minimum absolute atomic E-state index is 0.0845. The summed E-state index contributed by atoms with van der Waals surface area (Å²) in [5, 5.41) is 3.69. The van der Waals surface area contributed by atoms with Crippen LogP contribution in [0.2, 0.25) is 5.02 Å². The van der Waals surface area contributed by atoms with E-state index in [2.05, 4.69) is 19.0 Å². The Balaban J connectivity index is 1.49. The number of hydrogen-bond donors (Lipinski definition) is 1. The van der Waals surface area contributed by atoms with E-state index in [1.54, 1.807) is 12.3 Å². The van der Waals surface area contributed by atoms with Gasteiger partial charge >= 0.3 is 0 Å². The molecule has 1 aliphatic rings. The molecule has 3 rings (SSSR count). The van der Waals surface area contributed by atoms with Crippen molar-refractivity contribution in [3.05, 3.63) is 47.1 Å². The quantitative estimate of drug-likeness (QED) is 0.863. The molecule has 120 valence electrons. The first-order chi connectivity index (χ1) is 11.2. The summed E-state index contributed by atoms with van der Waals surface area (Å²) >= 11 is 7.28. The third kappa shape index (κ3) is 4.30. The van der Waals surface area contributed by atoms with Crippen LogP contribution < -0.4 is 10.2 Å². The molecule has 2 heterocycles. The van der Waals surface area contributed by atoms with Crippen LogP contribution in [0.15, 0.2) is 36.5 Å². The molecule has 1 amide bonds. The summed E-state index contributed by atoms with van der Waals surface area (Å²) in [4.78, 5) is 14.2. The van der Waals surface area contributed by atoms with Gasteiger partial charge in [-0.05, 0) is 30.5 Å². The summed E-state index contributed by atoms with van der Waals surface area (Å²) in [6, 6.07) is 7.65. The first kappa shape index (κ1) is 16.0. The van der Waals surface area contributed by atoms with E-state index in [9.17, 15) is 4.79 Å². The molecule has 1 aromatic carbocycles. The number of piperidine rings is 1. The van der Waals surface area contributed by atoms with Crippen LogP contribution >= 0.6 is 23.3 Å². The van der Waals surface area contributed by atoms with Gasteiger partial charge in [-0.1, -0.05) is 29.8 Å². The zero-order valence-electron chi connectivity index (χ0n) is 12.5. The van der Waals surface area contributed by atoms with Crippen LogP contribution in [0, 0.1) is 0 Å². The lowest BCUT2D eigenvalue weighted by molar-refractivity contribution is -0.117. The van der Waals surface area contributed by atoms with Crippen molar-refractivity contribution in [2.75, 3.05) is 18.0 Å². The zero-order valence-corrected chi connectivity index (χ0v) is 14.1. The molecule has 5 nitrogen and oxygen atoms in total. The Kier molecular flexibility index (Phi) is 5.25. The summed E-state index contributed by atoms with van der Waals surface area (Å²) in [5.74, 6) is 0.845. The fourth-order valence-electron chi connectivity index (χ4n) is 2.58. The van der Waals surface area contributed by atoms with Gasteiger partial charge in [0.25, 0.3) is 0 Å². The number of benzene rings is 1. The highest BCUT2D eigenvalue weighted by Crippen LogP contribution is 2.18. The molecular weight excluding hydrogens is 332 g/mol. The average Bonchev–Trinajstić information content (AvgIpc) is 3.09. The number of carbonyl (C=O) groups is 1. The average molecular weight is 349 g/mol. The fourth-order valence-corrected chi connectivity index (χ4v) is 3.21. The molecule has 1 fully saturated rings. The predicted molar refractivity (Wildman–Crippen MR) is 93.8 cm³/mol. The highest BCUT2D eigenvalue weighted by Gasteiger charge is 2.21. The highest BCUT2D eigenvalue weighted by molar-refractivity contribution is 6.99. The van der Waals surface area contributed by atoms with Crippen LogP contribution in [0.5, 0.6) is 0 Å².